The Balaban J connectivity index is 2.18. The number of rotatable bonds is 2. The average molecular weight is 270 g/mol. The molecule has 2 rings (SSSR count). The first kappa shape index (κ1) is 12.5. The number of hydrogen-bond acceptors (Lipinski definition) is 2. The Morgan fingerprint density at radius 2 is 1.71 bits per heavy atom. The molecule has 0 heterocycles. The van der Waals surface area contributed by atoms with Gasteiger partial charge in [-0.15, -0.1) is 0 Å². The molecule has 90 valence electrons. The first-order valence-corrected chi connectivity index (χ1v) is 6.52. The predicted octanol–water partition coefficient (Wildman–Crippen LogP) is 4.58. The summed E-state index contributed by atoms with van der Waals surface area (Å²) >= 11 is 12.1. The largest absolute Gasteiger partial charge is 0.487 e. The fourth-order valence-electron chi connectivity index (χ4n) is 2.09. The summed E-state index contributed by atoms with van der Waals surface area (Å²) in [5.74, 6) is 0.513. The second kappa shape index (κ2) is 5.62. The van der Waals surface area contributed by atoms with Crippen molar-refractivity contribution in [2.75, 3.05) is 0 Å². The minimum atomic E-state index is 0.201. The van der Waals surface area contributed by atoms with Crippen LogP contribution in [0.15, 0.2) is 12.1 Å². The molecule has 1 aliphatic carbocycles. The molecule has 0 bridgehead atoms. The highest BCUT2D eigenvalue weighted by molar-refractivity contribution is 6.37. The van der Waals surface area contributed by atoms with E-state index in [1.807, 2.05) is 6.07 Å². The summed E-state index contributed by atoms with van der Waals surface area (Å²) in [6.07, 6.45) is 5.95. The molecule has 0 amide bonds. The van der Waals surface area contributed by atoms with Gasteiger partial charge in [-0.2, -0.15) is 5.26 Å². The van der Waals surface area contributed by atoms with E-state index in [0.717, 1.165) is 12.8 Å². The van der Waals surface area contributed by atoms with Crippen LogP contribution in [0, 0.1) is 11.3 Å². The number of benzene rings is 1. The summed E-state index contributed by atoms with van der Waals surface area (Å²) in [5, 5.41) is 9.62. The molecule has 2 nitrogen and oxygen atoms in total. The average Bonchev–Trinajstić information content (AvgIpc) is 2.35. The highest BCUT2D eigenvalue weighted by Gasteiger charge is 2.18. The third-order valence-electron chi connectivity index (χ3n) is 2.96. The van der Waals surface area contributed by atoms with E-state index in [0.29, 0.717) is 21.4 Å². The second-order valence-electron chi connectivity index (χ2n) is 4.26. The van der Waals surface area contributed by atoms with E-state index in [1.54, 1.807) is 12.1 Å². The van der Waals surface area contributed by atoms with Gasteiger partial charge in [-0.1, -0.05) is 29.6 Å². The van der Waals surface area contributed by atoms with Crippen molar-refractivity contribution in [3.05, 3.63) is 27.7 Å². The van der Waals surface area contributed by atoms with Gasteiger partial charge in [-0.3, -0.25) is 0 Å². The number of halogens is 2. The molecule has 1 aliphatic rings. The summed E-state index contributed by atoms with van der Waals surface area (Å²) in [6, 6.07) is 5.19. The number of nitrogens with zero attached hydrogens (tertiary/aromatic N) is 1. The highest BCUT2D eigenvalue weighted by atomic mass is 35.5. The fraction of sp³-hybridized carbons (Fsp3) is 0.462. The Morgan fingerprint density at radius 3 is 2.24 bits per heavy atom. The fourth-order valence-corrected chi connectivity index (χ4v) is 2.66. The van der Waals surface area contributed by atoms with Crippen molar-refractivity contribution in [3.63, 3.8) is 0 Å². The van der Waals surface area contributed by atoms with Crippen LogP contribution in [0.3, 0.4) is 0 Å². The van der Waals surface area contributed by atoms with Crippen LogP contribution in [0.25, 0.3) is 0 Å². The van der Waals surface area contributed by atoms with Crippen LogP contribution in [-0.4, -0.2) is 6.10 Å². The van der Waals surface area contributed by atoms with E-state index < -0.39 is 0 Å². The molecule has 1 saturated carbocycles. The summed E-state index contributed by atoms with van der Waals surface area (Å²) in [5.41, 5.74) is 0.455. The van der Waals surface area contributed by atoms with Crippen molar-refractivity contribution in [2.24, 2.45) is 0 Å². The molecular weight excluding hydrogens is 257 g/mol. The Labute approximate surface area is 111 Å². The zero-order chi connectivity index (χ0) is 12.3. The van der Waals surface area contributed by atoms with E-state index in [1.165, 1.54) is 19.3 Å². The van der Waals surface area contributed by atoms with Gasteiger partial charge < -0.3 is 4.74 Å². The standard InChI is InChI=1S/C13H13Cl2NO/c14-11-6-9(8-16)7-12(15)13(11)17-10-4-2-1-3-5-10/h6-7,10H,1-5H2. The van der Waals surface area contributed by atoms with Gasteiger partial charge in [-0.25, -0.2) is 0 Å². The summed E-state index contributed by atoms with van der Waals surface area (Å²) in [7, 11) is 0. The van der Waals surface area contributed by atoms with Crippen LogP contribution < -0.4 is 4.74 Å². The normalized spacial score (nSPS) is 16.5. The quantitative estimate of drug-likeness (QED) is 0.788. The van der Waals surface area contributed by atoms with Gasteiger partial charge in [0.05, 0.1) is 27.8 Å². The Kier molecular flexibility index (Phi) is 4.15. The van der Waals surface area contributed by atoms with Crippen molar-refractivity contribution in [2.45, 2.75) is 38.2 Å². The molecule has 1 fully saturated rings. The van der Waals surface area contributed by atoms with Crippen molar-refractivity contribution >= 4 is 23.2 Å². The molecule has 1 aromatic rings. The molecule has 17 heavy (non-hydrogen) atoms. The van der Waals surface area contributed by atoms with Gasteiger partial charge in [0.1, 0.15) is 0 Å². The molecule has 0 unspecified atom stereocenters. The van der Waals surface area contributed by atoms with E-state index in [4.69, 9.17) is 33.2 Å². The second-order valence-corrected chi connectivity index (χ2v) is 5.07. The zero-order valence-electron chi connectivity index (χ0n) is 9.38. The third kappa shape index (κ3) is 3.06. The molecule has 0 spiro atoms. The lowest BCUT2D eigenvalue weighted by Crippen LogP contribution is -2.19. The van der Waals surface area contributed by atoms with Gasteiger partial charge in [0, 0.05) is 0 Å². The molecule has 1 aromatic carbocycles. The Morgan fingerprint density at radius 1 is 1.12 bits per heavy atom. The van der Waals surface area contributed by atoms with Crippen LogP contribution in [0.2, 0.25) is 10.0 Å². The van der Waals surface area contributed by atoms with Gasteiger partial charge in [-0.05, 0) is 37.8 Å². The molecule has 4 heteroatoms. The van der Waals surface area contributed by atoms with Crippen molar-refractivity contribution in [1.29, 1.82) is 5.26 Å². The van der Waals surface area contributed by atoms with Gasteiger partial charge >= 0.3 is 0 Å². The van der Waals surface area contributed by atoms with Gasteiger partial charge in [0.2, 0.25) is 0 Å². The highest BCUT2D eigenvalue weighted by Crippen LogP contribution is 2.36. The Bertz CT molecular complexity index is 424. The topological polar surface area (TPSA) is 33.0 Å². The Hall–Kier alpha value is -0.910. The van der Waals surface area contributed by atoms with Crippen LogP contribution in [-0.2, 0) is 0 Å². The maximum Gasteiger partial charge on any atom is 0.156 e. The summed E-state index contributed by atoms with van der Waals surface area (Å²) in [4.78, 5) is 0. The van der Waals surface area contributed by atoms with Crippen LogP contribution in [0.4, 0.5) is 0 Å². The van der Waals surface area contributed by atoms with Gasteiger partial charge in [0.15, 0.2) is 5.75 Å². The van der Waals surface area contributed by atoms with E-state index in [-0.39, 0.29) is 6.10 Å². The lowest BCUT2D eigenvalue weighted by molar-refractivity contribution is 0.155. The predicted molar refractivity (Wildman–Crippen MR) is 68.7 cm³/mol. The third-order valence-corrected chi connectivity index (χ3v) is 3.53. The zero-order valence-corrected chi connectivity index (χ0v) is 10.9. The first-order chi connectivity index (χ1) is 8.20. The maximum absolute atomic E-state index is 8.79. The number of nitriles is 1. The van der Waals surface area contributed by atoms with Gasteiger partial charge in [0.25, 0.3) is 0 Å². The van der Waals surface area contributed by atoms with E-state index in [2.05, 4.69) is 0 Å². The molecule has 0 atom stereocenters. The monoisotopic (exact) mass is 269 g/mol. The molecule has 0 aliphatic heterocycles. The maximum atomic E-state index is 8.79. The van der Waals surface area contributed by atoms with E-state index in [9.17, 15) is 0 Å². The lowest BCUT2D eigenvalue weighted by Gasteiger charge is -2.24. The number of hydrogen-bond donors (Lipinski definition) is 0. The molecular formula is C13H13Cl2NO. The van der Waals surface area contributed by atoms with Crippen LogP contribution in [0.1, 0.15) is 37.7 Å². The smallest absolute Gasteiger partial charge is 0.156 e. The van der Waals surface area contributed by atoms with E-state index >= 15 is 0 Å². The summed E-state index contributed by atoms with van der Waals surface area (Å²) in [6.45, 7) is 0. The SMILES string of the molecule is N#Cc1cc(Cl)c(OC2CCCCC2)c(Cl)c1. The molecule has 0 saturated heterocycles. The molecule has 0 N–H and O–H groups in total. The van der Waals surface area contributed by atoms with Crippen molar-refractivity contribution in [3.8, 4) is 11.8 Å². The molecule has 0 aromatic heterocycles. The molecule has 0 radical (unpaired) electrons. The van der Waals surface area contributed by atoms with Crippen molar-refractivity contribution < 1.29 is 4.74 Å². The van der Waals surface area contributed by atoms with Crippen molar-refractivity contribution in [1.82, 2.24) is 0 Å². The first-order valence-electron chi connectivity index (χ1n) is 5.76. The van der Waals surface area contributed by atoms with Crippen LogP contribution >= 0.6 is 23.2 Å². The summed E-state index contributed by atoms with van der Waals surface area (Å²) < 4.78 is 5.84. The lowest BCUT2D eigenvalue weighted by atomic mass is 9.98. The van der Waals surface area contributed by atoms with Crippen LogP contribution in [0.5, 0.6) is 5.75 Å². The number of ether oxygens (including phenoxy) is 1. The minimum Gasteiger partial charge on any atom is -0.487 e. The minimum absolute atomic E-state index is 0.201.